The minimum absolute atomic E-state index is 0.0432. The van der Waals surface area contributed by atoms with Crippen LogP contribution in [0.25, 0.3) is 0 Å². The molecule has 2 aromatic rings. The van der Waals surface area contributed by atoms with E-state index in [1.165, 1.54) is 0 Å². The highest BCUT2D eigenvalue weighted by molar-refractivity contribution is 7.15. The van der Waals surface area contributed by atoms with Gasteiger partial charge in [-0.3, -0.25) is 19.3 Å². The van der Waals surface area contributed by atoms with Crippen LogP contribution in [0.2, 0.25) is 0 Å². The van der Waals surface area contributed by atoms with E-state index in [1.807, 2.05) is 0 Å². The Balaban J connectivity index is 1.74. The highest BCUT2D eigenvalue weighted by Crippen LogP contribution is 2.26. The first-order chi connectivity index (χ1) is 11.0. The largest absolute Gasteiger partial charge is 0.300 e. The molecule has 1 aliphatic rings. The molecule has 8 heteroatoms. The number of hydrogen-bond donors (Lipinski definition) is 1. The summed E-state index contributed by atoms with van der Waals surface area (Å²) < 4.78 is 0. The van der Waals surface area contributed by atoms with Gasteiger partial charge >= 0.3 is 0 Å². The lowest BCUT2D eigenvalue weighted by Gasteiger charge is -2.10. The topological polar surface area (TPSA) is 92.3 Å². The molecule has 1 aliphatic heterocycles. The molecule has 7 nitrogen and oxygen atoms in total. The van der Waals surface area contributed by atoms with Crippen LogP contribution < -0.4 is 5.32 Å². The number of benzene rings is 1. The maximum Gasteiger partial charge on any atom is 0.261 e. The molecule has 0 unspecified atom stereocenters. The summed E-state index contributed by atoms with van der Waals surface area (Å²) in [7, 11) is 0. The maximum absolute atomic E-state index is 12.3. The Bertz CT molecular complexity index is 765. The van der Waals surface area contributed by atoms with Crippen molar-refractivity contribution in [3.63, 3.8) is 0 Å². The Kier molecular flexibility index (Phi) is 3.91. The van der Waals surface area contributed by atoms with E-state index in [-0.39, 0.29) is 30.2 Å². The summed E-state index contributed by atoms with van der Waals surface area (Å²) in [5, 5.41) is 11.3. The van der Waals surface area contributed by atoms with E-state index in [2.05, 4.69) is 15.5 Å². The Hall–Kier alpha value is -2.61. The Morgan fingerprint density at radius 3 is 2.35 bits per heavy atom. The summed E-state index contributed by atoms with van der Waals surface area (Å²) in [5.41, 5.74) is 0.797. The van der Waals surface area contributed by atoms with Crippen LogP contribution in [0.3, 0.4) is 0 Å². The highest BCUT2D eigenvalue weighted by Gasteiger charge is 2.35. The predicted octanol–water partition coefficient (Wildman–Crippen LogP) is 1.93. The molecule has 1 N–H and O–H groups in total. The van der Waals surface area contributed by atoms with Crippen molar-refractivity contribution in [3.05, 3.63) is 40.4 Å². The molecule has 3 rings (SSSR count). The van der Waals surface area contributed by atoms with Crippen LogP contribution in [0.5, 0.6) is 0 Å². The first-order valence-corrected chi connectivity index (χ1v) is 7.87. The fourth-order valence-electron chi connectivity index (χ4n) is 2.14. The molecule has 0 saturated heterocycles. The lowest BCUT2D eigenvalue weighted by atomic mass is 10.1. The monoisotopic (exact) mass is 330 g/mol. The summed E-state index contributed by atoms with van der Waals surface area (Å²) in [6.45, 7) is 3.59. The summed E-state index contributed by atoms with van der Waals surface area (Å²) in [6, 6.07) is 6.70. The minimum atomic E-state index is -0.339. The van der Waals surface area contributed by atoms with Crippen molar-refractivity contribution in [2.45, 2.75) is 20.4 Å². The van der Waals surface area contributed by atoms with Gasteiger partial charge in [0.1, 0.15) is 5.01 Å². The first kappa shape index (κ1) is 15.3. The Morgan fingerprint density at radius 2 is 1.78 bits per heavy atom. The lowest BCUT2D eigenvalue weighted by Crippen LogP contribution is -2.29. The van der Waals surface area contributed by atoms with Gasteiger partial charge in [-0.15, -0.1) is 10.2 Å². The fourth-order valence-corrected chi connectivity index (χ4v) is 2.87. The van der Waals surface area contributed by atoms with Gasteiger partial charge in [-0.25, -0.2) is 0 Å². The van der Waals surface area contributed by atoms with Crippen molar-refractivity contribution in [1.82, 2.24) is 15.1 Å². The molecular formula is C15H14N4O3S. The molecule has 0 saturated carbocycles. The summed E-state index contributed by atoms with van der Waals surface area (Å²) in [4.78, 5) is 37.3. The van der Waals surface area contributed by atoms with Gasteiger partial charge < -0.3 is 5.32 Å². The van der Waals surface area contributed by atoms with Crippen molar-refractivity contribution in [2.75, 3.05) is 5.32 Å². The number of rotatable bonds is 4. The molecule has 2 heterocycles. The number of anilines is 1. The SMILES string of the molecule is CC(C)C(=O)Nc1nnc(CN2C(=O)c3ccccc3C2=O)s1. The number of nitrogens with zero attached hydrogens (tertiary/aromatic N) is 3. The van der Waals surface area contributed by atoms with Crippen molar-refractivity contribution in [2.24, 2.45) is 5.92 Å². The van der Waals surface area contributed by atoms with Crippen LogP contribution in [-0.2, 0) is 11.3 Å². The number of carbonyl (C=O) groups is 3. The second-order valence-corrected chi connectivity index (χ2v) is 6.45. The van der Waals surface area contributed by atoms with Crippen LogP contribution in [-0.4, -0.2) is 32.8 Å². The fraction of sp³-hybridized carbons (Fsp3) is 0.267. The van der Waals surface area contributed by atoms with E-state index in [0.29, 0.717) is 21.3 Å². The van der Waals surface area contributed by atoms with Gasteiger partial charge in [-0.2, -0.15) is 0 Å². The molecule has 0 fully saturated rings. The zero-order valence-corrected chi connectivity index (χ0v) is 13.4. The van der Waals surface area contributed by atoms with Gasteiger partial charge in [-0.1, -0.05) is 37.3 Å². The average Bonchev–Trinajstić information content (AvgIpc) is 3.06. The molecule has 23 heavy (non-hydrogen) atoms. The van der Waals surface area contributed by atoms with Gasteiger partial charge in [0.15, 0.2) is 0 Å². The standard InChI is InChI=1S/C15H14N4O3S/c1-8(2)12(20)16-15-18-17-11(23-15)7-19-13(21)9-5-3-4-6-10(9)14(19)22/h3-6,8H,7H2,1-2H3,(H,16,18,20). The number of nitrogens with one attached hydrogen (secondary N) is 1. The molecule has 118 valence electrons. The summed E-state index contributed by atoms with van der Waals surface area (Å²) in [6.07, 6.45) is 0. The van der Waals surface area contributed by atoms with Crippen LogP contribution in [0, 0.1) is 5.92 Å². The van der Waals surface area contributed by atoms with Gasteiger partial charge in [0.25, 0.3) is 11.8 Å². The number of imide groups is 1. The molecule has 1 aromatic carbocycles. The molecule has 0 radical (unpaired) electrons. The average molecular weight is 330 g/mol. The van der Waals surface area contributed by atoms with E-state index >= 15 is 0 Å². The number of carbonyl (C=O) groups excluding carboxylic acids is 3. The Morgan fingerprint density at radius 1 is 1.17 bits per heavy atom. The molecular weight excluding hydrogens is 316 g/mol. The van der Waals surface area contributed by atoms with Gasteiger partial charge in [-0.05, 0) is 12.1 Å². The summed E-state index contributed by atoms with van der Waals surface area (Å²) >= 11 is 1.15. The molecule has 0 bridgehead atoms. The van der Waals surface area contributed by atoms with Gasteiger partial charge in [0.2, 0.25) is 11.0 Å². The highest BCUT2D eigenvalue weighted by atomic mass is 32.1. The van der Waals surface area contributed by atoms with E-state index in [0.717, 1.165) is 16.2 Å². The second-order valence-electron chi connectivity index (χ2n) is 5.39. The van der Waals surface area contributed by atoms with E-state index in [9.17, 15) is 14.4 Å². The van der Waals surface area contributed by atoms with Crippen molar-refractivity contribution in [1.29, 1.82) is 0 Å². The number of fused-ring (bicyclic) bond motifs is 1. The zero-order chi connectivity index (χ0) is 16.6. The third-order valence-corrected chi connectivity index (χ3v) is 4.22. The third kappa shape index (κ3) is 2.85. The van der Waals surface area contributed by atoms with Crippen molar-refractivity contribution in [3.8, 4) is 0 Å². The number of hydrogen-bond acceptors (Lipinski definition) is 6. The number of amides is 3. The second kappa shape index (κ2) is 5.88. The minimum Gasteiger partial charge on any atom is -0.300 e. The third-order valence-electron chi connectivity index (χ3n) is 3.39. The summed E-state index contributed by atoms with van der Waals surface area (Å²) in [5.74, 6) is -1.01. The van der Waals surface area contributed by atoms with E-state index in [4.69, 9.17) is 0 Å². The number of aromatic nitrogens is 2. The van der Waals surface area contributed by atoms with Gasteiger partial charge in [0, 0.05) is 5.92 Å². The van der Waals surface area contributed by atoms with Gasteiger partial charge in [0.05, 0.1) is 17.7 Å². The maximum atomic E-state index is 12.3. The van der Waals surface area contributed by atoms with Crippen LogP contribution >= 0.6 is 11.3 Å². The van der Waals surface area contributed by atoms with Crippen LogP contribution in [0.15, 0.2) is 24.3 Å². The normalized spacial score (nSPS) is 13.6. The predicted molar refractivity (Wildman–Crippen MR) is 84.0 cm³/mol. The van der Waals surface area contributed by atoms with E-state index in [1.54, 1.807) is 38.1 Å². The smallest absolute Gasteiger partial charge is 0.261 e. The zero-order valence-electron chi connectivity index (χ0n) is 12.6. The molecule has 3 amide bonds. The molecule has 0 aliphatic carbocycles. The first-order valence-electron chi connectivity index (χ1n) is 7.06. The molecule has 0 atom stereocenters. The van der Waals surface area contributed by atoms with Crippen molar-refractivity contribution >= 4 is 34.2 Å². The Labute approximate surface area is 136 Å². The lowest BCUT2D eigenvalue weighted by molar-refractivity contribution is -0.118. The quantitative estimate of drug-likeness (QED) is 0.865. The van der Waals surface area contributed by atoms with Crippen LogP contribution in [0.4, 0.5) is 5.13 Å². The molecule has 1 aromatic heterocycles. The molecule has 0 spiro atoms. The van der Waals surface area contributed by atoms with E-state index < -0.39 is 0 Å². The van der Waals surface area contributed by atoms with Crippen LogP contribution in [0.1, 0.15) is 39.6 Å². The van der Waals surface area contributed by atoms with Crippen molar-refractivity contribution < 1.29 is 14.4 Å².